The molecule has 1 aromatic heterocycles. The molecule has 1 amide bonds. The van der Waals surface area contributed by atoms with Crippen molar-refractivity contribution in [3.05, 3.63) is 42.1 Å². The van der Waals surface area contributed by atoms with E-state index in [4.69, 9.17) is 0 Å². The zero-order chi connectivity index (χ0) is 13.2. The summed E-state index contributed by atoms with van der Waals surface area (Å²) in [6.07, 6.45) is 1.82. The third kappa shape index (κ3) is 2.19. The molecule has 0 saturated carbocycles. The molecule has 0 bridgehead atoms. The maximum Gasteiger partial charge on any atom is 0.272 e. The summed E-state index contributed by atoms with van der Waals surface area (Å²) in [4.78, 5) is 18.6. The van der Waals surface area contributed by atoms with Gasteiger partial charge in [-0.3, -0.25) is 4.79 Å². The van der Waals surface area contributed by atoms with E-state index in [0.29, 0.717) is 12.2 Å². The molecule has 0 aliphatic carbocycles. The van der Waals surface area contributed by atoms with Gasteiger partial charge in [0.25, 0.3) is 5.91 Å². The van der Waals surface area contributed by atoms with Crippen LogP contribution >= 0.6 is 0 Å². The highest BCUT2D eigenvalue weighted by atomic mass is 16.3. The molecule has 3 rings (SSSR count). The Balaban J connectivity index is 1.93. The molecule has 1 aliphatic heterocycles. The molecule has 1 saturated heterocycles. The van der Waals surface area contributed by atoms with Gasteiger partial charge >= 0.3 is 0 Å². The van der Waals surface area contributed by atoms with E-state index in [1.165, 1.54) is 0 Å². The fourth-order valence-electron chi connectivity index (χ4n) is 2.63. The maximum absolute atomic E-state index is 12.4. The van der Waals surface area contributed by atoms with E-state index < -0.39 is 0 Å². The lowest BCUT2D eigenvalue weighted by Gasteiger charge is -2.22. The lowest BCUT2D eigenvalue weighted by Crippen LogP contribution is -2.38. The van der Waals surface area contributed by atoms with E-state index in [2.05, 4.69) is 4.98 Å². The predicted octanol–water partition coefficient (Wildman–Crippen LogP) is 1.83. The summed E-state index contributed by atoms with van der Waals surface area (Å²) in [6.45, 7) is 0.734. The lowest BCUT2D eigenvalue weighted by atomic mass is 10.2. The van der Waals surface area contributed by atoms with Gasteiger partial charge in [-0.1, -0.05) is 24.3 Å². The van der Waals surface area contributed by atoms with E-state index >= 15 is 0 Å². The Morgan fingerprint density at radius 1 is 1.32 bits per heavy atom. The molecule has 19 heavy (non-hydrogen) atoms. The zero-order valence-electron chi connectivity index (χ0n) is 10.6. The van der Waals surface area contributed by atoms with Crippen LogP contribution in [-0.2, 0) is 0 Å². The number of hydrogen-bond donors (Lipinski definition) is 1. The SMILES string of the molecule is O=C(c1ccc2ccccc2n1)N1CCC[C@@H]1CO. The van der Waals surface area contributed by atoms with E-state index in [9.17, 15) is 9.90 Å². The van der Waals surface area contributed by atoms with Crippen LogP contribution in [0, 0.1) is 0 Å². The summed E-state index contributed by atoms with van der Waals surface area (Å²) in [7, 11) is 0. The highest BCUT2D eigenvalue weighted by molar-refractivity contribution is 5.95. The van der Waals surface area contributed by atoms with E-state index in [1.807, 2.05) is 30.3 Å². The average molecular weight is 256 g/mol. The predicted molar refractivity (Wildman–Crippen MR) is 72.9 cm³/mol. The number of fused-ring (bicyclic) bond motifs is 1. The molecule has 1 atom stereocenters. The molecule has 0 spiro atoms. The first-order chi connectivity index (χ1) is 9.29. The average Bonchev–Trinajstić information content (AvgIpc) is 2.94. The number of rotatable bonds is 2. The first kappa shape index (κ1) is 12.1. The molecule has 2 heterocycles. The number of amides is 1. The van der Waals surface area contributed by atoms with Crippen LogP contribution in [0.5, 0.6) is 0 Å². The number of aliphatic hydroxyl groups is 1. The van der Waals surface area contributed by atoms with Crippen LogP contribution in [0.15, 0.2) is 36.4 Å². The van der Waals surface area contributed by atoms with Crippen LogP contribution in [-0.4, -0.2) is 40.1 Å². The summed E-state index contributed by atoms with van der Waals surface area (Å²) in [5, 5.41) is 10.3. The minimum absolute atomic E-state index is 0.0271. The lowest BCUT2D eigenvalue weighted by molar-refractivity contribution is 0.0672. The summed E-state index contributed by atoms with van der Waals surface area (Å²) in [5.74, 6) is -0.0812. The quantitative estimate of drug-likeness (QED) is 0.892. The van der Waals surface area contributed by atoms with E-state index in [-0.39, 0.29) is 18.6 Å². The van der Waals surface area contributed by atoms with Gasteiger partial charge in [0, 0.05) is 11.9 Å². The molecule has 4 heteroatoms. The van der Waals surface area contributed by atoms with Crippen molar-refractivity contribution in [2.45, 2.75) is 18.9 Å². The van der Waals surface area contributed by atoms with Gasteiger partial charge < -0.3 is 10.0 Å². The van der Waals surface area contributed by atoms with Gasteiger partial charge in [-0.25, -0.2) is 4.98 Å². The maximum atomic E-state index is 12.4. The Kier molecular flexibility index (Phi) is 3.17. The van der Waals surface area contributed by atoms with Crippen LogP contribution in [0.1, 0.15) is 23.3 Å². The second-order valence-electron chi connectivity index (χ2n) is 4.87. The Hall–Kier alpha value is -1.94. The molecule has 0 unspecified atom stereocenters. The normalized spacial score (nSPS) is 19.0. The van der Waals surface area contributed by atoms with Gasteiger partial charge in [-0.2, -0.15) is 0 Å². The van der Waals surface area contributed by atoms with Crippen LogP contribution < -0.4 is 0 Å². The fraction of sp³-hybridized carbons (Fsp3) is 0.333. The van der Waals surface area contributed by atoms with Crippen molar-refractivity contribution in [2.24, 2.45) is 0 Å². The van der Waals surface area contributed by atoms with Crippen molar-refractivity contribution in [3.63, 3.8) is 0 Å². The van der Waals surface area contributed by atoms with Crippen molar-refractivity contribution < 1.29 is 9.90 Å². The van der Waals surface area contributed by atoms with Gasteiger partial charge in [-0.05, 0) is 25.0 Å². The Morgan fingerprint density at radius 3 is 3.00 bits per heavy atom. The number of benzene rings is 1. The number of hydrogen-bond acceptors (Lipinski definition) is 3. The number of carbonyl (C=O) groups excluding carboxylic acids is 1. The van der Waals surface area contributed by atoms with Crippen LogP contribution in [0.3, 0.4) is 0 Å². The molecule has 98 valence electrons. The minimum Gasteiger partial charge on any atom is -0.394 e. The minimum atomic E-state index is -0.0812. The largest absolute Gasteiger partial charge is 0.394 e. The molecule has 1 N–H and O–H groups in total. The second kappa shape index (κ2) is 4.97. The molecule has 1 aromatic carbocycles. The highest BCUT2D eigenvalue weighted by Crippen LogP contribution is 2.20. The highest BCUT2D eigenvalue weighted by Gasteiger charge is 2.29. The summed E-state index contributed by atoms with van der Waals surface area (Å²) < 4.78 is 0. The van der Waals surface area contributed by atoms with Crippen molar-refractivity contribution in [1.29, 1.82) is 0 Å². The Morgan fingerprint density at radius 2 is 2.16 bits per heavy atom. The third-order valence-electron chi connectivity index (χ3n) is 3.67. The van der Waals surface area contributed by atoms with Gasteiger partial charge in [-0.15, -0.1) is 0 Å². The molecule has 1 aliphatic rings. The van der Waals surface area contributed by atoms with E-state index in [1.54, 1.807) is 11.0 Å². The second-order valence-corrected chi connectivity index (χ2v) is 4.87. The smallest absolute Gasteiger partial charge is 0.272 e. The van der Waals surface area contributed by atoms with Crippen LogP contribution in [0.2, 0.25) is 0 Å². The molecular weight excluding hydrogens is 240 g/mol. The van der Waals surface area contributed by atoms with Gasteiger partial charge in [0.1, 0.15) is 5.69 Å². The first-order valence-corrected chi connectivity index (χ1v) is 6.57. The molecular formula is C15H16N2O2. The monoisotopic (exact) mass is 256 g/mol. The standard InChI is InChI=1S/C15H16N2O2/c18-10-12-5-3-9-17(12)15(19)14-8-7-11-4-1-2-6-13(11)16-14/h1-2,4,6-8,12,18H,3,5,9-10H2/t12-/m1/s1. The Labute approximate surface area is 111 Å². The number of likely N-dealkylation sites (tertiary alicyclic amines) is 1. The van der Waals surface area contributed by atoms with Gasteiger partial charge in [0.15, 0.2) is 0 Å². The summed E-state index contributed by atoms with van der Waals surface area (Å²) in [6, 6.07) is 11.4. The number of nitrogens with zero attached hydrogens (tertiary/aromatic N) is 2. The van der Waals surface area contributed by atoms with Crippen molar-refractivity contribution in [3.8, 4) is 0 Å². The fourth-order valence-corrected chi connectivity index (χ4v) is 2.63. The van der Waals surface area contributed by atoms with Gasteiger partial charge in [0.05, 0.1) is 18.2 Å². The van der Waals surface area contributed by atoms with Crippen molar-refractivity contribution >= 4 is 16.8 Å². The molecule has 2 aromatic rings. The Bertz CT molecular complexity index is 612. The topological polar surface area (TPSA) is 53.4 Å². The van der Waals surface area contributed by atoms with Crippen LogP contribution in [0.25, 0.3) is 10.9 Å². The third-order valence-corrected chi connectivity index (χ3v) is 3.67. The summed E-state index contributed by atoms with van der Waals surface area (Å²) >= 11 is 0. The number of para-hydroxylation sites is 1. The number of carbonyl (C=O) groups is 1. The van der Waals surface area contributed by atoms with Crippen molar-refractivity contribution in [1.82, 2.24) is 9.88 Å². The summed E-state index contributed by atoms with van der Waals surface area (Å²) in [5.41, 5.74) is 1.28. The van der Waals surface area contributed by atoms with Gasteiger partial charge in [0.2, 0.25) is 0 Å². The van der Waals surface area contributed by atoms with Crippen LogP contribution in [0.4, 0.5) is 0 Å². The van der Waals surface area contributed by atoms with Crippen molar-refractivity contribution in [2.75, 3.05) is 13.2 Å². The number of pyridine rings is 1. The van der Waals surface area contributed by atoms with E-state index in [0.717, 1.165) is 23.7 Å². The number of aromatic nitrogens is 1. The molecule has 1 fully saturated rings. The number of aliphatic hydroxyl groups excluding tert-OH is 1. The molecule has 4 nitrogen and oxygen atoms in total. The molecule has 0 radical (unpaired) electrons. The first-order valence-electron chi connectivity index (χ1n) is 6.57. The zero-order valence-corrected chi connectivity index (χ0v) is 10.6.